The van der Waals surface area contributed by atoms with E-state index >= 15 is 0 Å². The van der Waals surface area contributed by atoms with Gasteiger partial charge in [-0.15, -0.1) is 0 Å². The predicted octanol–water partition coefficient (Wildman–Crippen LogP) is 1.84. The molecule has 86 valence electrons. The molecule has 0 spiro atoms. The first-order valence-electron chi connectivity index (χ1n) is 5.88. The highest BCUT2D eigenvalue weighted by Gasteiger charge is 2.00. The lowest BCUT2D eigenvalue weighted by Crippen LogP contribution is -2.29. The third-order valence-corrected chi connectivity index (χ3v) is 2.54. The van der Waals surface area contributed by atoms with Gasteiger partial charge in [0.05, 0.1) is 6.54 Å². The molecule has 0 aromatic carbocycles. The minimum absolute atomic E-state index is 0.611. The molecule has 0 bridgehead atoms. The van der Waals surface area contributed by atoms with Crippen LogP contribution >= 0.6 is 0 Å². The topological polar surface area (TPSA) is 42.7 Å². The first-order valence-corrected chi connectivity index (χ1v) is 5.88. The number of unbranched alkanes of at least 4 members (excludes halogenated alkanes) is 2. The lowest BCUT2D eigenvalue weighted by molar-refractivity contribution is 0.459. The molecule has 0 aliphatic carbocycles. The third-order valence-electron chi connectivity index (χ3n) is 2.54. The minimum Gasteiger partial charge on any atom is -0.312 e. The molecule has 0 aliphatic heterocycles. The number of hydrogen-bond acceptors (Lipinski definition) is 3. The van der Waals surface area contributed by atoms with Gasteiger partial charge in [0, 0.05) is 12.6 Å². The Morgan fingerprint density at radius 3 is 2.93 bits per heavy atom. The largest absolute Gasteiger partial charge is 0.312 e. The second-order valence-electron chi connectivity index (χ2n) is 4.01. The quantitative estimate of drug-likeness (QED) is 0.666. The molecule has 1 atom stereocenters. The molecule has 0 amide bonds. The maximum atomic E-state index is 4.05. The van der Waals surface area contributed by atoms with Crippen molar-refractivity contribution in [2.45, 2.75) is 52.1 Å². The van der Waals surface area contributed by atoms with Gasteiger partial charge in [-0.1, -0.05) is 26.2 Å². The zero-order chi connectivity index (χ0) is 10.9. The van der Waals surface area contributed by atoms with Crippen LogP contribution in [0, 0.1) is 0 Å². The van der Waals surface area contributed by atoms with Crippen molar-refractivity contribution < 1.29 is 0 Å². The molecular weight excluding hydrogens is 188 g/mol. The lowest BCUT2D eigenvalue weighted by Gasteiger charge is -2.13. The minimum atomic E-state index is 0.611. The van der Waals surface area contributed by atoms with Gasteiger partial charge in [-0.3, -0.25) is 4.68 Å². The summed E-state index contributed by atoms with van der Waals surface area (Å²) in [7, 11) is 0. The van der Waals surface area contributed by atoms with Crippen LogP contribution in [0.15, 0.2) is 12.7 Å². The van der Waals surface area contributed by atoms with Crippen LogP contribution in [0.25, 0.3) is 0 Å². The molecule has 1 rings (SSSR count). The van der Waals surface area contributed by atoms with Crippen molar-refractivity contribution in [3.63, 3.8) is 0 Å². The Balaban J connectivity index is 1.99. The summed E-state index contributed by atoms with van der Waals surface area (Å²) in [5, 5.41) is 7.55. The Labute approximate surface area is 92.1 Å². The fourth-order valence-corrected chi connectivity index (χ4v) is 1.58. The zero-order valence-corrected chi connectivity index (χ0v) is 9.82. The van der Waals surface area contributed by atoms with E-state index in [2.05, 4.69) is 29.2 Å². The van der Waals surface area contributed by atoms with Crippen molar-refractivity contribution >= 4 is 0 Å². The highest BCUT2D eigenvalue weighted by atomic mass is 15.3. The summed E-state index contributed by atoms with van der Waals surface area (Å²) in [6.45, 7) is 6.36. The van der Waals surface area contributed by atoms with E-state index in [0.29, 0.717) is 6.04 Å². The summed E-state index contributed by atoms with van der Waals surface area (Å²) in [6, 6.07) is 0.611. The third kappa shape index (κ3) is 5.52. The fourth-order valence-electron chi connectivity index (χ4n) is 1.58. The van der Waals surface area contributed by atoms with E-state index in [0.717, 1.165) is 13.1 Å². The molecule has 4 heteroatoms. The van der Waals surface area contributed by atoms with E-state index in [1.54, 1.807) is 12.7 Å². The maximum Gasteiger partial charge on any atom is 0.137 e. The molecule has 1 heterocycles. The van der Waals surface area contributed by atoms with Gasteiger partial charge in [0.25, 0.3) is 0 Å². The molecular formula is C11H22N4. The normalized spacial score (nSPS) is 12.9. The van der Waals surface area contributed by atoms with Crippen molar-refractivity contribution in [2.75, 3.05) is 6.54 Å². The number of aromatic nitrogens is 3. The van der Waals surface area contributed by atoms with Crippen LogP contribution in [0.4, 0.5) is 0 Å². The van der Waals surface area contributed by atoms with Gasteiger partial charge < -0.3 is 5.32 Å². The zero-order valence-electron chi connectivity index (χ0n) is 9.82. The average Bonchev–Trinajstić information content (AvgIpc) is 2.71. The van der Waals surface area contributed by atoms with E-state index in [9.17, 15) is 0 Å². The Kier molecular flexibility index (Phi) is 6.00. The number of hydrogen-bond donors (Lipinski definition) is 1. The monoisotopic (exact) mass is 210 g/mol. The smallest absolute Gasteiger partial charge is 0.137 e. The van der Waals surface area contributed by atoms with Gasteiger partial charge in [-0.05, 0) is 13.3 Å². The summed E-state index contributed by atoms with van der Waals surface area (Å²) in [6.07, 6.45) is 8.56. The lowest BCUT2D eigenvalue weighted by atomic mass is 10.1. The Morgan fingerprint density at radius 1 is 1.40 bits per heavy atom. The highest BCUT2D eigenvalue weighted by Crippen LogP contribution is 2.02. The summed E-state index contributed by atoms with van der Waals surface area (Å²) in [5.74, 6) is 0. The van der Waals surface area contributed by atoms with E-state index in [1.807, 2.05) is 4.68 Å². The molecule has 4 nitrogen and oxygen atoms in total. The molecule has 0 fully saturated rings. The van der Waals surface area contributed by atoms with Crippen LogP contribution in [0.1, 0.15) is 39.5 Å². The van der Waals surface area contributed by atoms with Crippen LogP contribution < -0.4 is 5.32 Å². The van der Waals surface area contributed by atoms with Gasteiger partial charge in [0.1, 0.15) is 12.7 Å². The summed E-state index contributed by atoms with van der Waals surface area (Å²) in [5.41, 5.74) is 0. The van der Waals surface area contributed by atoms with Crippen molar-refractivity contribution in [3.8, 4) is 0 Å². The molecule has 0 saturated carbocycles. The summed E-state index contributed by atoms with van der Waals surface area (Å²) in [4.78, 5) is 3.90. The number of nitrogens with zero attached hydrogens (tertiary/aromatic N) is 3. The summed E-state index contributed by atoms with van der Waals surface area (Å²) < 4.78 is 1.85. The van der Waals surface area contributed by atoms with Crippen molar-refractivity contribution in [1.82, 2.24) is 20.1 Å². The Bertz CT molecular complexity index is 233. The van der Waals surface area contributed by atoms with Gasteiger partial charge in [0.15, 0.2) is 0 Å². The Morgan fingerprint density at radius 2 is 2.27 bits per heavy atom. The second-order valence-corrected chi connectivity index (χ2v) is 4.01. The molecule has 1 unspecified atom stereocenters. The van der Waals surface area contributed by atoms with Crippen molar-refractivity contribution in [2.24, 2.45) is 0 Å². The SMILES string of the molecule is CCCCCC(C)NCCn1cncn1. The van der Waals surface area contributed by atoms with Crippen LogP contribution in [0.2, 0.25) is 0 Å². The van der Waals surface area contributed by atoms with Crippen LogP contribution in [0.3, 0.4) is 0 Å². The van der Waals surface area contributed by atoms with Gasteiger partial charge in [-0.25, -0.2) is 4.98 Å². The molecule has 1 aromatic rings. The van der Waals surface area contributed by atoms with Gasteiger partial charge in [-0.2, -0.15) is 5.10 Å². The first-order chi connectivity index (χ1) is 7.33. The predicted molar refractivity (Wildman–Crippen MR) is 61.6 cm³/mol. The van der Waals surface area contributed by atoms with Crippen molar-refractivity contribution in [3.05, 3.63) is 12.7 Å². The van der Waals surface area contributed by atoms with Crippen LogP contribution in [0.5, 0.6) is 0 Å². The number of nitrogens with one attached hydrogen (secondary N) is 1. The molecule has 15 heavy (non-hydrogen) atoms. The molecule has 0 saturated heterocycles. The first kappa shape index (κ1) is 12.2. The number of rotatable bonds is 8. The van der Waals surface area contributed by atoms with Crippen LogP contribution in [-0.2, 0) is 6.54 Å². The van der Waals surface area contributed by atoms with E-state index < -0.39 is 0 Å². The van der Waals surface area contributed by atoms with E-state index in [4.69, 9.17) is 0 Å². The van der Waals surface area contributed by atoms with Crippen LogP contribution in [-0.4, -0.2) is 27.4 Å². The highest BCUT2D eigenvalue weighted by molar-refractivity contribution is 4.62. The summed E-state index contributed by atoms with van der Waals surface area (Å²) >= 11 is 0. The second kappa shape index (κ2) is 7.40. The van der Waals surface area contributed by atoms with E-state index in [-0.39, 0.29) is 0 Å². The van der Waals surface area contributed by atoms with Gasteiger partial charge in [0.2, 0.25) is 0 Å². The van der Waals surface area contributed by atoms with E-state index in [1.165, 1.54) is 25.7 Å². The Hall–Kier alpha value is -0.900. The standard InChI is InChI=1S/C11H22N4/c1-3-4-5-6-11(2)13-7-8-15-10-12-9-14-15/h9-11,13H,3-8H2,1-2H3. The molecule has 1 N–H and O–H groups in total. The fraction of sp³-hybridized carbons (Fsp3) is 0.818. The average molecular weight is 210 g/mol. The van der Waals surface area contributed by atoms with Gasteiger partial charge >= 0.3 is 0 Å². The maximum absolute atomic E-state index is 4.05. The molecule has 1 aromatic heterocycles. The molecule has 0 aliphatic rings. The molecule has 0 radical (unpaired) electrons. The van der Waals surface area contributed by atoms with Crippen molar-refractivity contribution in [1.29, 1.82) is 0 Å².